The molecule has 1 aromatic heterocycles. The molecule has 4 rings (SSSR count). The third-order valence-corrected chi connectivity index (χ3v) is 5.05. The highest BCUT2D eigenvalue weighted by Crippen LogP contribution is 2.38. The molecule has 2 unspecified atom stereocenters. The van der Waals surface area contributed by atoms with Gasteiger partial charge in [-0.3, -0.25) is 4.90 Å². The number of rotatable bonds is 5. The van der Waals surface area contributed by atoms with Gasteiger partial charge in [0.2, 0.25) is 0 Å². The van der Waals surface area contributed by atoms with Crippen molar-refractivity contribution < 1.29 is 9.84 Å². The summed E-state index contributed by atoms with van der Waals surface area (Å²) in [6, 6.07) is 8.87. The summed E-state index contributed by atoms with van der Waals surface area (Å²) in [6.07, 6.45) is 2.87. The quantitative estimate of drug-likeness (QED) is 0.912. The number of benzene rings is 1. The average molecular weight is 328 g/mol. The van der Waals surface area contributed by atoms with Crippen LogP contribution in [0.15, 0.2) is 24.3 Å². The average Bonchev–Trinajstić information content (AvgIpc) is 3.26. The summed E-state index contributed by atoms with van der Waals surface area (Å²) >= 11 is 0. The van der Waals surface area contributed by atoms with Crippen LogP contribution in [0.1, 0.15) is 48.6 Å². The maximum atomic E-state index is 10.2. The topological polar surface area (TPSA) is 63.4 Å². The summed E-state index contributed by atoms with van der Waals surface area (Å²) in [5.41, 5.74) is 1.18. The number of ether oxygens (including phenoxy) is 1. The Bertz CT molecular complexity index is 726. The number of hydrogen-bond donors (Lipinski definition) is 1. The number of likely N-dealkylation sites (tertiary alicyclic amines) is 1. The van der Waals surface area contributed by atoms with E-state index in [1.165, 1.54) is 18.4 Å². The number of β-amino-alcohol motifs (C(OH)–C–C–N with tert-alkyl or cyclic N) is 1. The van der Waals surface area contributed by atoms with E-state index in [1.54, 1.807) is 7.11 Å². The second-order valence-electron chi connectivity index (χ2n) is 6.88. The molecule has 1 N–H and O–H groups in total. The molecule has 0 spiro atoms. The summed E-state index contributed by atoms with van der Waals surface area (Å²) in [4.78, 5) is 2.31. The van der Waals surface area contributed by atoms with E-state index in [1.807, 2.05) is 19.1 Å². The van der Waals surface area contributed by atoms with Crippen LogP contribution >= 0.6 is 0 Å². The van der Waals surface area contributed by atoms with Gasteiger partial charge in [-0.15, -0.1) is 10.2 Å². The standard InChI is InChI=1S/C18H24N4O2/c1-12-19-20-18(22(12)14-6-7-14)11-21-10-15(23)9-17(21)13-4-3-5-16(8-13)24-2/h3-5,8,14-15,17,23H,6-7,9-11H2,1-2H3. The lowest BCUT2D eigenvalue weighted by atomic mass is 10.0. The molecular formula is C18H24N4O2. The molecular weight excluding hydrogens is 304 g/mol. The number of aliphatic hydroxyl groups excluding tert-OH is 1. The summed E-state index contributed by atoms with van der Waals surface area (Å²) in [6.45, 7) is 3.40. The third-order valence-electron chi connectivity index (χ3n) is 5.05. The van der Waals surface area contributed by atoms with Crippen molar-refractivity contribution in [2.24, 2.45) is 0 Å². The highest BCUT2D eigenvalue weighted by molar-refractivity contribution is 5.31. The first kappa shape index (κ1) is 15.6. The number of aliphatic hydroxyl groups is 1. The molecule has 1 aromatic carbocycles. The van der Waals surface area contributed by atoms with Gasteiger partial charge in [-0.05, 0) is 43.9 Å². The number of nitrogens with zero attached hydrogens (tertiary/aromatic N) is 4. The van der Waals surface area contributed by atoms with Crippen LogP contribution in [0.5, 0.6) is 5.75 Å². The number of aryl methyl sites for hydroxylation is 1. The predicted molar refractivity (Wildman–Crippen MR) is 89.8 cm³/mol. The Morgan fingerprint density at radius 2 is 2.12 bits per heavy atom. The molecule has 2 fully saturated rings. The lowest BCUT2D eigenvalue weighted by Crippen LogP contribution is -2.26. The van der Waals surface area contributed by atoms with E-state index >= 15 is 0 Å². The Hall–Kier alpha value is -1.92. The zero-order valence-electron chi connectivity index (χ0n) is 14.2. The van der Waals surface area contributed by atoms with E-state index < -0.39 is 0 Å². The maximum Gasteiger partial charge on any atom is 0.147 e. The molecule has 1 aliphatic heterocycles. The van der Waals surface area contributed by atoms with Crippen LogP contribution in [0, 0.1) is 6.92 Å². The maximum absolute atomic E-state index is 10.2. The molecule has 0 radical (unpaired) electrons. The lowest BCUT2D eigenvalue weighted by molar-refractivity contribution is 0.170. The van der Waals surface area contributed by atoms with Crippen molar-refractivity contribution in [2.75, 3.05) is 13.7 Å². The van der Waals surface area contributed by atoms with Gasteiger partial charge in [0, 0.05) is 18.6 Å². The van der Waals surface area contributed by atoms with E-state index in [-0.39, 0.29) is 12.1 Å². The predicted octanol–water partition coefficient (Wildman–Crippen LogP) is 2.24. The highest BCUT2D eigenvalue weighted by atomic mass is 16.5. The minimum absolute atomic E-state index is 0.180. The molecule has 1 aliphatic carbocycles. The van der Waals surface area contributed by atoms with E-state index in [2.05, 4.69) is 31.8 Å². The minimum Gasteiger partial charge on any atom is -0.497 e. The van der Waals surface area contributed by atoms with Gasteiger partial charge in [0.1, 0.15) is 17.4 Å². The van der Waals surface area contributed by atoms with Gasteiger partial charge in [-0.2, -0.15) is 0 Å². The molecule has 6 nitrogen and oxygen atoms in total. The van der Waals surface area contributed by atoms with E-state index in [4.69, 9.17) is 4.74 Å². The largest absolute Gasteiger partial charge is 0.497 e. The van der Waals surface area contributed by atoms with Gasteiger partial charge in [0.15, 0.2) is 0 Å². The van der Waals surface area contributed by atoms with Crippen LogP contribution in [-0.2, 0) is 6.54 Å². The smallest absolute Gasteiger partial charge is 0.147 e. The first-order valence-corrected chi connectivity index (χ1v) is 8.62. The highest BCUT2D eigenvalue weighted by Gasteiger charge is 2.35. The molecule has 0 bridgehead atoms. The number of aromatic nitrogens is 3. The second kappa shape index (κ2) is 6.18. The van der Waals surface area contributed by atoms with E-state index in [9.17, 15) is 5.11 Å². The zero-order valence-corrected chi connectivity index (χ0v) is 14.2. The van der Waals surface area contributed by atoms with Gasteiger partial charge in [-0.1, -0.05) is 12.1 Å². The van der Waals surface area contributed by atoms with Crippen molar-refractivity contribution in [1.29, 1.82) is 0 Å². The van der Waals surface area contributed by atoms with Crippen molar-refractivity contribution in [3.8, 4) is 5.75 Å². The van der Waals surface area contributed by atoms with Crippen molar-refractivity contribution >= 4 is 0 Å². The summed E-state index contributed by atoms with van der Waals surface area (Å²) in [7, 11) is 1.68. The molecule has 2 aliphatic rings. The Kier molecular flexibility index (Phi) is 4.02. The Balaban J connectivity index is 1.59. The van der Waals surface area contributed by atoms with Gasteiger partial charge < -0.3 is 14.4 Å². The van der Waals surface area contributed by atoms with E-state index in [0.717, 1.165) is 30.4 Å². The van der Waals surface area contributed by atoms with Crippen LogP contribution in [0.3, 0.4) is 0 Å². The Labute approximate surface area is 142 Å². The van der Waals surface area contributed by atoms with Crippen LogP contribution < -0.4 is 4.74 Å². The van der Waals surface area contributed by atoms with Gasteiger partial charge in [0.25, 0.3) is 0 Å². The third kappa shape index (κ3) is 2.91. The molecule has 0 amide bonds. The summed E-state index contributed by atoms with van der Waals surface area (Å²) < 4.78 is 7.62. The van der Waals surface area contributed by atoms with Crippen LogP contribution in [0.25, 0.3) is 0 Å². The molecule has 6 heteroatoms. The first-order chi connectivity index (χ1) is 11.7. The molecule has 24 heavy (non-hydrogen) atoms. The van der Waals surface area contributed by atoms with Gasteiger partial charge >= 0.3 is 0 Å². The molecule has 1 saturated carbocycles. The summed E-state index contributed by atoms with van der Waals surface area (Å²) in [5.74, 6) is 2.85. The van der Waals surface area contributed by atoms with Gasteiger partial charge in [-0.25, -0.2) is 0 Å². The zero-order chi connectivity index (χ0) is 16.7. The summed E-state index contributed by atoms with van der Waals surface area (Å²) in [5, 5.41) is 18.9. The second-order valence-corrected chi connectivity index (χ2v) is 6.88. The van der Waals surface area contributed by atoms with Crippen molar-refractivity contribution in [2.45, 2.75) is 50.9 Å². The van der Waals surface area contributed by atoms with Crippen LogP contribution in [-0.4, -0.2) is 44.5 Å². The molecule has 2 aromatic rings. The number of hydrogen-bond acceptors (Lipinski definition) is 5. The van der Waals surface area contributed by atoms with Gasteiger partial charge in [0.05, 0.1) is 19.8 Å². The monoisotopic (exact) mass is 328 g/mol. The fourth-order valence-electron chi connectivity index (χ4n) is 3.76. The SMILES string of the molecule is COc1cccc(C2CC(O)CN2Cc2nnc(C)n2C2CC2)c1. The fraction of sp³-hybridized carbons (Fsp3) is 0.556. The number of methoxy groups -OCH3 is 1. The molecule has 128 valence electrons. The Morgan fingerprint density at radius 1 is 1.29 bits per heavy atom. The first-order valence-electron chi connectivity index (χ1n) is 8.62. The minimum atomic E-state index is -0.306. The van der Waals surface area contributed by atoms with Crippen LogP contribution in [0.2, 0.25) is 0 Å². The van der Waals surface area contributed by atoms with E-state index in [0.29, 0.717) is 12.6 Å². The molecule has 2 heterocycles. The van der Waals surface area contributed by atoms with Crippen LogP contribution in [0.4, 0.5) is 0 Å². The Morgan fingerprint density at radius 3 is 2.88 bits per heavy atom. The molecule has 1 saturated heterocycles. The normalized spacial score (nSPS) is 24.5. The lowest BCUT2D eigenvalue weighted by Gasteiger charge is -2.24. The van der Waals surface area contributed by atoms with Crippen molar-refractivity contribution in [3.63, 3.8) is 0 Å². The fourth-order valence-corrected chi connectivity index (χ4v) is 3.76. The van der Waals surface area contributed by atoms with Crippen molar-refractivity contribution in [1.82, 2.24) is 19.7 Å². The van der Waals surface area contributed by atoms with Crippen molar-refractivity contribution in [3.05, 3.63) is 41.5 Å². The molecule has 2 atom stereocenters.